The Bertz CT molecular complexity index is 1290. The number of fused-ring (bicyclic) bond motifs is 1. The molecule has 4 aromatic rings. The van der Waals surface area contributed by atoms with Gasteiger partial charge in [0.15, 0.2) is 5.75 Å². The molecule has 0 amide bonds. The molecule has 1 aromatic heterocycles. The van der Waals surface area contributed by atoms with Crippen molar-refractivity contribution >= 4 is 33.5 Å². The van der Waals surface area contributed by atoms with Crippen molar-refractivity contribution in [2.75, 3.05) is 7.11 Å². The van der Waals surface area contributed by atoms with E-state index in [9.17, 15) is 15.0 Å². The molecule has 0 spiro atoms. The number of benzene rings is 3. The number of aliphatic hydroxyl groups excluding tert-OH is 1. The minimum Gasteiger partial charge on any atom is -0.508 e. The van der Waals surface area contributed by atoms with Crippen LogP contribution in [-0.4, -0.2) is 23.3 Å². The Morgan fingerprint density at radius 1 is 1.06 bits per heavy atom. The summed E-state index contributed by atoms with van der Waals surface area (Å²) in [6.45, 7) is 1.74. The van der Waals surface area contributed by atoms with Gasteiger partial charge in [-0.2, -0.15) is 0 Å². The van der Waals surface area contributed by atoms with Crippen LogP contribution in [-0.2, 0) is 9.53 Å². The van der Waals surface area contributed by atoms with Crippen molar-refractivity contribution in [1.29, 1.82) is 0 Å². The maximum atomic E-state index is 11.3. The highest BCUT2D eigenvalue weighted by atomic mass is 32.1. The van der Waals surface area contributed by atoms with Crippen molar-refractivity contribution in [2.24, 2.45) is 0 Å². The summed E-state index contributed by atoms with van der Waals surface area (Å²) in [5.74, 6) is 1.06. The number of hydrogen-bond donors (Lipinski definition) is 2. The van der Waals surface area contributed by atoms with Gasteiger partial charge in [-0.25, -0.2) is 4.79 Å². The molecule has 6 heteroatoms. The topological polar surface area (TPSA) is 76.0 Å². The molecule has 32 heavy (non-hydrogen) atoms. The Morgan fingerprint density at radius 2 is 1.81 bits per heavy atom. The van der Waals surface area contributed by atoms with Crippen LogP contribution in [0.4, 0.5) is 0 Å². The van der Waals surface area contributed by atoms with Gasteiger partial charge in [0.25, 0.3) is 0 Å². The van der Waals surface area contributed by atoms with Gasteiger partial charge in [-0.3, -0.25) is 0 Å². The second-order valence-electron chi connectivity index (χ2n) is 7.23. The number of hydrogen-bond acceptors (Lipinski definition) is 6. The molecule has 0 aliphatic carbocycles. The molecule has 0 bridgehead atoms. The van der Waals surface area contributed by atoms with Crippen LogP contribution in [0.5, 0.6) is 17.2 Å². The standard InChI is InChI=1S/C26H22O5S/c1-16(27)20-5-3-4-6-21(20)26-25(22-13-10-18(28)15-23(22)32-26)31-19-11-7-17(8-12-19)9-14-24(29)30-2/h3-16,27-28H,1-2H3/b14-9+. The lowest BCUT2D eigenvalue weighted by Gasteiger charge is -2.13. The lowest BCUT2D eigenvalue weighted by atomic mass is 10.0. The van der Waals surface area contributed by atoms with E-state index in [0.29, 0.717) is 11.5 Å². The minimum absolute atomic E-state index is 0.183. The molecule has 2 N–H and O–H groups in total. The maximum absolute atomic E-state index is 11.3. The van der Waals surface area contributed by atoms with Crippen molar-refractivity contribution in [3.63, 3.8) is 0 Å². The van der Waals surface area contributed by atoms with Gasteiger partial charge in [0, 0.05) is 21.7 Å². The average Bonchev–Trinajstić information content (AvgIpc) is 3.15. The molecule has 162 valence electrons. The van der Waals surface area contributed by atoms with Crippen molar-refractivity contribution < 1.29 is 24.5 Å². The predicted octanol–water partition coefficient (Wildman–Crippen LogP) is 6.31. The predicted molar refractivity (Wildman–Crippen MR) is 127 cm³/mol. The molecule has 0 saturated heterocycles. The number of esters is 1. The van der Waals surface area contributed by atoms with Crippen molar-refractivity contribution in [3.05, 3.63) is 83.9 Å². The van der Waals surface area contributed by atoms with E-state index in [-0.39, 0.29) is 5.75 Å². The molecule has 0 radical (unpaired) electrons. The number of phenols is 1. The summed E-state index contributed by atoms with van der Waals surface area (Å²) in [5.41, 5.74) is 2.52. The lowest BCUT2D eigenvalue weighted by Crippen LogP contribution is -1.95. The normalized spacial score (nSPS) is 12.2. The summed E-state index contributed by atoms with van der Waals surface area (Å²) in [7, 11) is 1.34. The Kier molecular flexibility index (Phi) is 6.25. The zero-order valence-corrected chi connectivity index (χ0v) is 18.4. The maximum Gasteiger partial charge on any atom is 0.330 e. The highest BCUT2D eigenvalue weighted by molar-refractivity contribution is 7.22. The molecule has 5 nitrogen and oxygen atoms in total. The van der Waals surface area contributed by atoms with E-state index in [2.05, 4.69) is 4.74 Å². The molecular formula is C26H22O5S. The van der Waals surface area contributed by atoms with Crippen molar-refractivity contribution in [3.8, 4) is 27.7 Å². The first kappa shape index (κ1) is 21.6. The third kappa shape index (κ3) is 4.51. The zero-order chi connectivity index (χ0) is 22.7. The largest absolute Gasteiger partial charge is 0.508 e. The Labute approximate surface area is 189 Å². The van der Waals surface area contributed by atoms with Crippen molar-refractivity contribution in [2.45, 2.75) is 13.0 Å². The molecule has 1 unspecified atom stereocenters. The summed E-state index contributed by atoms with van der Waals surface area (Å²) in [4.78, 5) is 12.2. The van der Waals surface area contributed by atoms with Gasteiger partial charge in [0.2, 0.25) is 0 Å². The second-order valence-corrected chi connectivity index (χ2v) is 8.28. The molecule has 3 aromatic carbocycles. The third-order valence-electron chi connectivity index (χ3n) is 5.00. The van der Waals surface area contributed by atoms with Crippen LogP contribution in [0.1, 0.15) is 24.2 Å². The quantitative estimate of drug-likeness (QED) is 0.268. The number of aliphatic hydroxyl groups is 1. The highest BCUT2D eigenvalue weighted by Gasteiger charge is 2.20. The second kappa shape index (κ2) is 9.26. The molecule has 1 heterocycles. The molecular weight excluding hydrogens is 424 g/mol. The average molecular weight is 447 g/mol. The van der Waals surface area contributed by atoms with Gasteiger partial charge in [0.05, 0.1) is 18.1 Å². The molecule has 4 rings (SSSR count). The van der Waals surface area contributed by atoms with E-state index >= 15 is 0 Å². The summed E-state index contributed by atoms with van der Waals surface area (Å²) < 4.78 is 11.8. The van der Waals surface area contributed by atoms with Crippen LogP contribution in [0.15, 0.2) is 72.8 Å². The number of aromatic hydroxyl groups is 1. The van der Waals surface area contributed by atoms with Gasteiger partial charge >= 0.3 is 5.97 Å². The molecule has 0 saturated carbocycles. The van der Waals surface area contributed by atoms with Crippen molar-refractivity contribution in [1.82, 2.24) is 0 Å². The van der Waals surface area contributed by atoms with E-state index in [4.69, 9.17) is 4.74 Å². The summed E-state index contributed by atoms with van der Waals surface area (Å²) in [6, 6.07) is 20.2. The van der Waals surface area contributed by atoms with E-state index in [1.807, 2.05) is 54.6 Å². The van der Waals surface area contributed by atoms with Gasteiger partial charge < -0.3 is 19.7 Å². The summed E-state index contributed by atoms with van der Waals surface area (Å²) in [6.07, 6.45) is 2.39. The van der Waals surface area contributed by atoms with Crippen LogP contribution < -0.4 is 4.74 Å². The van der Waals surface area contributed by atoms with Crippen LogP contribution in [0.25, 0.3) is 26.6 Å². The van der Waals surface area contributed by atoms with Crippen LogP contribution in [0.3, 0.4) is 0 Å². The summed E-state index contributed by atoms with van der Waals surface area (Å²) in [5, 5.41) is 21.1. The first-order chi connectivity index (χ1) is 15.5. The van der Waals surface area contributed by atoms with E-state index < -0.39 is 12.1 Å². The molecule has 0 aliphatic rings. The molecule has 0 fully saturated rings. The lowest BCUT2D eigenvalue weighted by molar-refractivity contribution is -0.134. The van der Waals surface area contributed by atoms with Crippen LogP contribution in [0.2, 0.25) is 0 Å². The number of methoxy groups -OCH3 is 1. The van der Waals surface area contributed by atoms with E-state index in [1.54, 1.807) is 25.1 Å². The number of thiophene rings is 1. The fourth-order valence-corrected chi connectivity index (χ4v) is 4.62. The number of carbonyl (C=O) groups is 1. The first-order valence-corrected chi connectivity index (χ1v) is 10.8. The smallest absolute Gasteiger partial charge is 0.330 e. The monoisotopic (exact) mass is 446 g/mol. The minimum atomic E-state index is -0.640. The van der Waals surface area contributed by atoms with Gasteiger partial charge in [-0.15, -0.1) is 11.3 Å². The Balaban J connectivity index is 1.76. The van der Waals surface area contributed by atoms with Gasteiger partial charge in [-0.1, -0.05) is 36.4 Å². The van der Waals surface area contributed by atoms with E-state index in [1.165, 1.54) is 24.5 Å². The zero-order valence-electron chi connectivity index (χ0n) is 17.6. The third-order valence-corrected chi connectivity index (χ3v) is 6.16. The van der Waals surface area contributed by atoms with Gasteiger partial charge in [0.1, 0.15) is 11.5 Å². The number of carbonyl (C=O) groups excluding carboxylic acids is 1. The molecule has 1 atom stereocenters. The number of ether oxygens (including phenoxy) is 2. The van der Waals surface area contributed by atoms with Crippen LogP contribution >= 0.6 is 11.3 Å². The van der Waals surface area contributed by atoms with Gasteiger partial charge in [-0.05, 0) is 54.5 Å². The highest BCUT2D eigenvalue weighted by Crippen LogP contribution is 2.48. The SMILES string of the molecule is COC(=O)/C=C/c1ccc(Oc2c(-c3ccccc3C(C)O)sc3cc(O)ccc23)cc1. The number of phenolic OH excluding ortho intramolecular Hbond substituents is 1. The first-order valence-electron chi connectivity index (χ1n) is 10.0. The Morgan fingerprint density at radius 3 is 2.53 bits per heavy atom. The fraction of sp³-hybridized carbons (Fsp3) is 0.115. The summed E-state index contributed by atoms with van der Waals surface area (Å²) >= 11 is 1.50. The number of rotatable bonds is 6. The fourth-order valence-electron chi connectivity index (χ4n) is 3.41. The Hall–Kier alpha value is -3.61. The van der Waals surface area contributed by atoms with E-state index in [0.717, 1.165) is 31.7 Å². The molecule has 0 aliphatic heterocycles. The van der Waals surface area contributed by atoms with Crippen LogP contribution in [0, 0.1) is 0 Å².